The SMILES string of the molecule is O[C@@H]1[C@H](O)CC23C[C@H]1OC2CCC(CC1OCO1)O3. The van der Waals surface area contributed by atoms with E-state index in [1.165, 1.54) is 0 Å². The van der Waals surface area contributed by atoms with Crippen molar-refractivity contribution >= 4 is 0 Å². The molecule has 1 aliphatic carbocycles. The summed E-state index contributed by atoms with van der Waals surface area (Å²) in [7, 11) is 0. The van der Waals surface area contributed by atoms with E-state index < -0.39 is 17.8 Å². The minimum atomic E-state index is -0.781. The first kappa shape index (κ1) is 12.5. The van der Waals surface area contributed by atoms with Gasteiger partial charge in [0.1, 0.15) is 6.10 Å². The summed E-state index contributed by atoms with van der Waals surface area (Å²) in [5.74, 6) is 0. The first-order valence-corrected chi connectivity index (χ1v) is 7.09. The average molecular weight is 272 g/mol. The minimum Gasteiger partial charge on any atom is -0.390 e. The molecule has 0 aromatic heterocycles. The molecule has 1 saturated carbocycles. The second-order valence-corrected chi connectivity index (χ2v) is 6.13. The van der Waals surface area contributed by atoms with Crippen molar-refractivity contribution in [2.45, 2.75) is 74.5 Å². The summed E-state index contributed by atoms with van der Waals surface area (Å²) >= 11 is 0. The van der Waals surface area contributed by atoms with Crippen LogP contribution in [0.3, 0.4) is 0 Å². The second-order valence-electron chi connectivity index (χ2n) is 6.13. The van der Waals surface area contributed by atoms with Gasteiger partial charge in [-0.25, -0.2) is 0 Å². The maximum atomic E-state index is 9.96. The first-order valence-electron chi connectivity index (χ1n) is 7.09. The summed E-state index contributed by atoms with van der Waals surface area (Å²) < 4.78 is 22.6. The van der Waals surface area contributed by atoms with E-state index in [2.05, 4.69) is 0 Å². The van der Waals surface area contributed by atoms with E-state index in [0.717, 1.165) is 19.3 Å². The number of hydrogen-bond donors (Lipinski definition) is 2. The maximum Gasteiger partial charge on any atom is 0.165 e. The lowest BCUT2D eigenvalue weighted by Crippen LogP contribution is -2.55. The van der Waals surface area contributed by atoms with Crippen molar-refractivity contribution in [3.8, 4) is 0 Å². The average Bonchev–Trinajstić information content (AvgIpc) is 2.66. The van der Waals surface area contributed by atoms with E-state index in [1.54, 1.807) is 0 Å². The lowest BCUT2D eigenvalue weighted by Gasteiger charge is -2.45. The highest BCUT2D eigenvalue weighted by Gasteiger charge is 2.60. The lowest BCUT2D eigenvalue weighted by atomic mass is 9.76. The van der Waals surface area contributed by atoms with E-state index in [0.29, 0.717) is 19.6 Å². The topological polar surface area (TPSA) is 77.4 Å². The summed E-state index contributed by atoms with van der Waals surface area (Å²) in [6, 6.07) is 0. The van der Waals surface area contributed by atoms with Gasteiger partial charge in [0.25, 0.3) is 0 Å². The second kappa shape index (κ2) is 4.38. The number of hydrogen-bond acceptors (Lipinski definition) is 6. The molecule has 3 saturated heterocycles. The summed E-state index contributed by atoms with van der Waals surface area (Å²) in [6.07, 6.45) is 1.82. The van der Waals surface area contributed by atoms with Gasteiger partial charge in [-0.05, 0) is 12.8 Å². The molecule has 4 fully saturated rings. The van der Waals surface area contributed by atoms with Crippen LogP contribution in [0.1, 0.15) is 32.1 Å². The Bertz CT molecular complexity index is 359. The number of aliphatic hydroxyl groups excluding tert-OH is 2. The molecule has 4 rings (SSSR count). The molecule has 6 heteroatoms. The molecule has 1 spiro atoms. The monoisotopic (exact) mass is 272 g/mol. The summed E-state index contributed by atoms with van der Waals surface area (Å²) in [5.41, 5.74) is -0.421. The van der Waals surface area contributed by atoms with Gasteiger partial charge < -0.3 is 29.2 Å². The predicted octanol–water partition coefficient (Wildman–Crippen LogP) is -0.0923. The lowest BCUT2D eigenvalue weighted by molar-refractivity contribution is -0.333. The van der Waals surface area contributed by atoms with Crippen LogP contribution in [-0.4, -0.2) is 59.4 Å². The van der Waals surface area contributed by atoms with E-state index >= 15 is 0 Å². The fraction of sp³-hybridized carbons (Fsp3) is 1.00. The summed E-state index contributed by atoms with van der Waals surface area (Å²) in [5, 5.41) is 19.9. The molecule has 3 aliphatic heterocycles. The van der Waals surface area contributed by atoms with Crippen LogP contribution in [0.4, 0.5) is 0 Å². The van der Waals surface area contributed by atoms with E-state index in [9.17, 15) is 10.2 Å². The fourth-order valence-electron chi connectivity index (χ4n) is 3.91. The van der Waals surface area contributed by atoms with Crippen LogP contribution in [0.25, 0.3) is 0 Å². The molecular weight excluding hydrogens is 252 g/mol. The Kier molecular flexibility index (Phi) is 2.88. The molecule has 0 aromatic carbocycles. The largest absolute Gasteiger partial charge is 0.390 e. The number of aliphatic hydroxyl groups is 2. The Hall–Kier alpha value is -0.240. The van der Waals surface area contributed by atoms with Crippen molar-refractivity contribution in [3.05, 3.63) is 0 Å². The molecule has 6 nitrogen and oxygen atoms in total. The highest BCUT2D eigenvalue weighted by molar-refractivity contribution is 5.09. The summed E-state index contributed by atoms with van der Waals surface area (Å²) in [6.45, 7) is 0.376. The van der Waals surface area contributed by atoms with Crippen LogP contribution in [0.5, 0.6) is 0 Å². The molecule has 19 heavy (non-hydrogen) atoms. The molecule has 2 N–H and O–H groups in total. The third-order valence-electron chi connectivity index (χ3n) is 4.92. The van der Waals surface area contributed by atoms with Gasteiger partial charge in [-0.3, -0.25) is 0 Å². The molecule has 0 aromatic rings. The highest BCUT2D eigenvalue weighted by Crippen LogP contribution is 2.49. The van der Waals surface area contributed by atoms with Gasteiger partial charge >= 0.3 is 0 Å². The molecule has 108 valence electrons. The first-order chi connectivity index (χ1) is 9.16. The van der Waals surface area contributed by atoms with Crippen LogP contribution in [0.15, 0.2) is 0 Å². The van der Waals surface area contributed by atoms with Crippen LogP contribution >= 0.6 is 0 Å². The van der Waals surface area contributed by atoms with Gasteiger partial charge in [-0.2, -0.15) is 0 Å². The van der Waals surface area contributed by atoms with Gasteiger partial charge in [0.05, 0.1) is 30.0 Å². The van der Waals surface area contributed by atoms with Crippen LogP contribution in [0, 0.1) is 0 Å². The molecule has 0 amide bonds. The molecule has 2 bridgehead atoms. The van der Waals surface area contributed by atoms with Gasteiger partial charge in [0.2, 0.25) is 0 Å². The van der Waals surface area contributed by atoms with Crippen molar-refractivity contribution in [3.63, 3.8) is 0 Å². The Morgan fingerprint density at radius 3 is 2.68 bits per heavy atom. The van der Waals surface area contributed by atoms with Crippen molar-refractivity contribution in [2.24, 2.45) is 0 Å². The third-order valence-corrected chi connectivity index (χ3v) is 4.92. The zero-order chi connectivity index (χ0) is 13.0. The third kappa shape index (κ3) is 1.93. The number of ether oxygens (including phenoxy) is 4. The normalized spacial score (nSPS) is 53.7. The van der Waals surface area contributed by atoms with E-state index in [1.807, 2.05) is 0 Å². The Morgan fingerprint density at radius 2 is 1.95 bits per heavy atom. The van der Waals surface area contributed by atoms with Crippen molar-refractivity contribution in [1.82, 2.24) is 0 Å². The highest BCUT2D eigenvalue weighted by atomic mass is 16.8. The van der Waals surface area contributed by atoms with Gasteiger partial charge in [-0.1, -0.05) is 0 Å². The zero-order valence-electron chi connectivity index (χ0n) is 10.7. The smallest absolute Gasteiger partial charge is 0.165 e. The van der Waals surface area contributed by atoms with Crippen molar-refractivity contribution < 1.29 is 29.2 Å². The maximum absolute atomic E-state index is 9.96. The zero-order valence-corrected chi connectivity index (χ0v) is 10.7. The van der Waals surface area contributed by atoms with Crippen molar-refractivity contribution in [1.29, 1.82) is 0 Å². The minimum absolute atomic E-state index is 0.00350. The fourth-order valence-corrected chi connectivity index (χ4v) is 3.91. The van der Waals surface area contributed by atoms with Gasteiger partial charge in [-0.15, -0.1) is 0 Å². The standard InChI is InChI=1S/C13H20O6/c14-8-4-13-5-9(12(8)15)18-10(13)2-1-7(19-13)3-11-16-6-17-11/h7-12,14-15H,1-6H2/t7?,8-,9-,10?,12-,13?/m1/s1. The van der Waals surface area contributed by atoms with Crippen LogP contribution in [0.2, 0.25) is 0 Å². The van der Waals surface area contributed by atoms with Gasteiger partial charge in [0, 0.05) is 19.3 Å². The van der Waals surface area contributed by atoms with Gasteiger partial charge in [0.15, 0.2) is 13.1 Å². The van der Waals surface area contributed by atoms with Crippen LogP contribution in [-0.2, 0) is 18.9 Å². The summed E-state index contributed by atoms with van der Waals surface area (Å²) in [4.78, 5) is 0. The van der Waals surface area contributed by atoms with E-state index in [-0.39, 0.29) is 24.6 Å². The molecular formula is C13H20O6. The number of rotatable bonds is 2. The molecule has 4 aliphatic rings. The Balaban J connectivity index is 1.48. The number of fused-ring (bicyclic) bond motifs is 1. The molecule has 0 radical (unpaired) electrons. The Morgan fingerprint density at radius 1 is 1.11 bits per heavy atom. The van der Waals surface area contributed by atoms with E-state index in [4.69, 9.17) is 18.9 Å². The predicted molar refractivity (Wildman–Crippen MR) is 62.2 cm³/mol. The van der Waals surface area contributed by atoms with Crippen molar-refractivity contribution in [2.75, 3.05) is 6.79 Å². The molecule has 3 unspecified atom stereocenters. The van der Waals surface area contributed by atoms with Crippen LogP contribution < -0.4 is 0 Å². The molecule has 6 atom stereocenters. The Labute approximate surface area is 111 Å². The molecule has 3 heterocycles. The quantitative estimate of drug-likeness (QED) is 0.731.